The highest BCUT2D eigenvalue weighted by Gasteiger charge is 2.38. The second-order valence-electron chi connectivity index (χ2n) is 3.93. The molecule has 0 aromatic rings. The largest absolute Gasteiger partial charge is 0.373 e. The first-order chi connectivity index (χ1) is 4.69. The van der Waals surface area contributed by atoms with Crippen LogP contribution in [0, 0.1) is 5.41 Å². The van der Waals surface area contributed by atoms with Crippen LogP contribution in [0.4, 0.5) is 0 Å². The summed E-state index contributed by atoms with van der Waals surface area (Å²) in [6, 6.07) is 0. The predicted molar refractivity (Wildman–Crippen MR) is 52.4 cm³/mol. The van der Waals surface area contributed by atoms with E-state index in [0.29, 0.717) is 0 Å². The van der Waals surface area contributed by atoms with Gasteiger partial charge in [-0.05, 0) is 27.1 Å². The van der Waals surface area contributed by atoms with Crippen molar-refractivity contribution < 1.29 is 10.2 Å². The number of rotatable bonds is 2. The zero-order valence-corrected chi connectivity index (χ0v) is 8.83. The Kier molecular flexibility index (Phi) is 3.76. The van der Waals surface area contributed by atoms with Crippen LogP contribution >= 0.6 is 21.7 Å². The molecule has 11 heavy (non-hydrogen) atoms. The van der Waals surface area contributed by atoms with Crippen molar-refractivity contribution in [1.29, 1.82) is 0 Å². The molecule has 0 spiro atoms. The van der Waals surface area contributed by atoms with E-state index in [2.05, 4.69) is 0 Å². The smallest absolute Gasteiger partial charge is 0.179 e. The molecule has 0 saturated carbocycles. The molecule has 0 saturated heterocycles. The molecule has 0 amide bonds. The standard InChI is InChI=1S/C6H14BClO2S/c1-5(2,3)4(11-8)6(7,9)10/h4,9-10H,7H2,1-3H3. The average molecular weight is 197 g/mol. The summed E-state index contributed by atoms with van der Waals surface area (Å²) in [5.74, 6) is 0. The van der Waals surface area contributed by atoms with Crippen LogP contribution in [0.15, 0.2) is 0 Å². The molecule has 0 fully saturated rings. The van der Waals surface area contributed by atoms with E-state index in [4.69, 9.17) is 10.7 Å². The van der Waals surface area contributed by atoms with Gasteiger partial charge in [0.1, 0.15) is 5.69 Å². The Hall–Kier alpha value is 0.625. The van der Waals surface area contributed by atoms with Gasteiger partial charge in [0.25, 0.3) is 0 Å². The van der Waals surface area contributed by atoms with Gasteiger partial charge >= 0.3 is 0 Å². The lowest BCUT2D eigenvalue weighted by molar-refractivity contribution is -0.101. The highest BCUT2D eigenvalue weighted by molar-refractivity contribution is 8.21. The first-order valence-electron chi connectivity index (χ1n) is 3.41. The number of hydrogen-bond donors (Lipinski definition) is 2. The molecule has 66 valence electrons. The van der Waals surface area contributed by atoms with Crippen LogP contribution in [-0.4, -0.2) is 29.0 Å². The zero-order chi connectivity index (χ0) is 9.28. The van der Waals surface area contributed by atoms with E-state index in [1.54, 1.807) is 0 Å². The number of aliphatic hydroxyl groups is 2. The summed E-state index contributed by atoms with van der Waals surface area (Å²) in [6.07, 6.45) is 0. The molecule has 0 aromatic heterocycles. The molecule has 0 aliphatic carbocycles. The van der Waals surface area contributed by atoms with Gasteiger partial charge < -0.3 is 10.2 Å². The number of halogens is 1. The van der Waals surface area contributed by atoms with Gasteiger partial charge in [0.15, 0.2) is 7.85 Å². The van der Waals surface area contributed by atoms with E-state index in [9.17, 15) is 10.2 Å². The van der Waals surface area contributed by atoms with Crippen molar-refractivity contribution in [2.75, 3.05) is 0 Å². The van der Waals surface area contributed by atoms with Crippen molar-refractivity contribution in [2.45, 2.75) is 31.7 Å². The third-order valence-corrected chi connectivity index (χ3v) is 3.24. The molecular weight excluding hydrogens is 182 g/mol. The van der Waals surface area contributed by atoms with Gasteiger partial charge in [-0.1, -0.05) is 20.8 Å². The molecule has 0 radical (unpaired) electrons. The van der Waals surface area contributed by atoms with Gasteiger partial charge in [0.2, 0.25) is 0 Å². The topological polar surface area (TPSA) is 40.5 Å². The second kappa shape index (κ2) is 3.56. The normalized spacial score (nSPS) is 16.5. The maximum Gasteiger partial charge on any atom is 0.179 e. The minimum absolute atomic E-state index is 0.218. The Morgan fingerprint density at radius 2 is 1.73 bits per heavy atom. The van der Waals surface area contributed by atoms with E-state index in [0.717, 1.165) is 11.0 Å². The zero-order valence-electron chi connectivity index (χ0n) is 7.26. The molecule has 0 aliphatic heterocycles. The third-order valence-electron chi connectivity index (χ3n) is 1.37. The van der Waals surface area contributed by atoms with Crippen LogP contribution in [0.3, 0.4) is 0 Å². The van der Waals surface area contributed by atoms with E-state index in [-0.39, 0.29) is 5.41 Å². The van der Waals surface area contributed by atoms with Crippen molar-refractivity contribution >= 4 is 29.5 Å². The second-order valence-corrected chi connectivity index (χ2v) is 5.11. The molecule has 0 aliphatic rings. The lowest BCUT2D eigenvalue weighted by atomic mass is 9.78. The molecule has 0 rings (SSSR count). The molecule has 2 N–H and O–H groups in total. The fraction of sp³-hybridized carbons (Fsp3) is 1.00. The lowest BCUT2D eigenvalue weighted by Crippen LogP contribution is -2.47. The SMILES string of the molecule is BC(O)(O)C(SCl)C(C)(C)C. The van der Waals surface area contributed by atoms with Crippen molar-refractivity contribution in [3.63, 3.8) is 0 Å². The molecule has 0 aromatic carbocycles. The summed E-state index contributed by atoms with van der Waals surface area (Å²) in [6.45, 7) is 5.74. The molecule has 2 nitrogen and oxygen atoms in total. The van der Waals surface area contributed by atoms with Crippen LogP contribution in [0.2, 0.25) is 0 Å². The Balaban J connectivity index is 4.43. The van der Waals surface area contributed by atoms with Gasteiger partial charge in [0.05, 0.1) is 5.25 Å². The average Bonchev–Trinajstić information content (AvgIpc) is 1.56. The summed E-state index contributed by atoms with van der Waals surface area (Å²) in [5.41, 5.74) is -1.94. The minimum Gasteiger partial charge on any atom is -0.373 e. The highest BCUT2D eigenvalue weighted by Crippen LogP contribution is 2.37. The first kappa shape index (κ1) is 11.6. The quantitative estimate of drug-likeness (QED) is 0.501. The van der Waals surface area contributed by atoms with Crippen molar-refractivity contribution in [3.05, 3.63) is 0 Å². The van der Waals surface area contributed by atoms with Gasteiger partial charge in [-0.2, -0.15) is 0 Å². The summed E-state index contributed by atoms with van der Waals surface area (Å²) in [4.78, 5) is 0. The van der Waals surface area contributed by atoms with Crippen LogP contribution in [0.1, 0.15) is 20.8 Å². The summed E-state index contributed by atoms with van der Waals surface area (Å²) >= 11 is 0. The van der Waals surface area contributed by atoms with Crippen molar-refractivity contribution in [1.82, 2.24) is 0 Å². The minimum atomic E-state index is -1.72. The van der Waals surface area contributed by atoms with E-state index in [1.165, 1.54) is 7.85 Å². The molecule has 0 heterocycles. The Morgan fingerprint density at radius 1 is 1.36 bits per heavy atom. The fourth-order valence-corrected chi connectivity index (χ4v) is 2.78. The van der Waals surface area contributed by atoms with Gasteiger partial charge in [0, 0.05) is 0 Å². The maximum absolute atomic E-state index is 9.26. The third kappa shape index (κ3) is 3.70. The number of hydrogen-bond acceptors (Lipinski definition) is 3. The first-order valence-corrected chi connectivity index (χ1v) is 5.12. The lowest BCUT2D eigenvalue weighted by Gasteiger charge is -2.35. The van der Waals surface area contributed by atoms with Crippen LogP contribution in [0.5, 0.6) is 0 Å². The van der Waals surface area contributed by atoms with Crippen molar-refractivity contribution in [2.24, 2.45) is 5.41 Å². The molecule has 1 unspecified atom stereocenters. The van der Waals surface area contributed by atoms with E-state index >= 15 is 0 Å². The summed E-state index contributed by atoms with van der Waals surface area (Å²) in [7, 11) is 7.84. The summed E-state index contributed by atoms with van der Waals surface area (Å²) in [5, 5.41) is 18.1. The van der Waals surface area contributed by atoms with Crippen LogP contribution in [-0.2, 0) is 0 Å². The van der Waals surface area contributed by atoms with Gasteiger partial charge in [-0.3, -0.25) is 0 Å². The van der Waals surface area contributed by atoms with Crippen LogP contribution < -0.4 is 0 Å². The maximum atomic E-state index is 9.26. The Morgan fingerprint density at radius 3 is 1.73 bits per heavy atom. The molecular formula is C6H14BClO2S. The fourth-order valence-electron chi connectivity index (χ4n) is 1.04. The van der Waals surface area contributed by atoms with E-state index in [1.807, 2.05) is 20.8 Å². The van der Waals surface area contributed by atoms with Gasteiger partial charge in [-0.15, -0.1) is 0 Å². The molecule has 5 heteroatoms. The predicted octanol–water partition coefficient (Wildman–Crippen LogP) is 0.560. The van der Waals surface area contributed by atoms with Gasteiger partial charge in [-0.25, -0.2) is 0 Å². The Bertz CT molecular complexity index is 116. The monoisotopic (exact) mass is 196 g/mol. The molecule has 1 atom stereocenters. The molecule has 0 bridgehead atoms. The Labute approximate surface area is 77.2 Å². The summed E-state index contributed by atoms with van der Waals surface area (Å²) < 4.78 is 0. The van der Waals surface area contributed by atoms with Crippen molar-refractivity contribution in [3.8, 4) is 0 Å². The van der Waals surface area contributed by atoms with E-state index < -0.39 is 10.9 Å². The highest BCUT2D eigenvalue weighted by atomic mass is 35.7. The van der Waals surface area contributed by atoms with Crippen LogP contribution in [0.25, 0.3) is 0 Å².